The minimum atomic E-state index is -0.438. The standard InChI is InChI=1S/C27H28N8O2/c1-19-30-18-35(33-19)23-5-3-22(4-6-23)31-26-29-11-8-24(32-26)20-2-7-25(21(16-20)17-28)34-12-9-27(10-13-34)36-14-15-37-27/h2-8,11,16H,9-10,12-15,18H2,1H3,(H,30,33)(H,29,31,32). The summed E-state index contributed by atoms with van der Waals surface area (Å²) in [6.07, 6.45) is 3.31. The largest absolute Gasteiger partial charge is 0.370 e. The number of anilines is 4. The van der Waals surface area contributed by atoms with Gasteiger partial charge in [-0.05, 0) is 49.4 Å². The Bertz CT molecular complexity index is 1350. The van der Waals surface area contributed by atoms with Gasteiger partial charge in [0, 0.05) is 43.4 Å². The highest BCUT2D eigenvalue weighted by Gasteiger charge is 2.40. The average molecular weight is 497 g/mol. The molecule has 10 nitrogen and oxygen atoms in total. The van der Waals surface area contributed by atoms with Gasteiger partial charge in [0.1, 0.15) is 18.6 Å². The molecule has 0 radical (unpaired) electrons. The number of nitrogens with one attached hydrogen (secondary N) is 2. The van der Waals surface area contributed by atoms with E-state index in [9.17, 15) is 5.26 Å². The molecule has 2 fully saturated rings. The molecule has 6 rings (SSSR count). The average Bonchev–Trinajstić information content (AvgIpc) is 3.58. The SMILES string of the molecule is CC1=NCN(c2ccc(Nc3nccc(-c4ccc(N5CCC6(CC5)OCCO6)c(C#N)c4)n3)cc2)N1. The van der Waals surface area contributed by atoms with Gasteiger partial charge in [-0.3, -0.25) is 10.4 Å². The highest BCUT2D eigenvalue weighted by Crippen LogP contribution is 2.35. The van der Waals surface area contributed by atoms with Crippen LogP contribution < -0.4 is 20.7 Å². The lowest BCUT2D eigenvalue weighted by atomic mass is 10.0. The van der Waals surface area contributed by atoms with Crippen molar-refractivity contribution in [1.29, 1.82) is 5.26 Å². The van der Waals surface area contributed by atoms with E-state index >= 15 is 0 Å². The predicted molar refractivity (Wildman–Crippen MR) is 142 cm³/mol. The molecule has 0 aliphatic carbocycles. The Morgan fingerprint density at radius 1 is 1.05 bits per heavy atom. The summed E-state index contributed by atoms with van der Waals surface area (Å²) in [6, 6.07) is 18.1. The quantitative estimate of drug-likeness (QED) is 0.545. The van der Waals surface area contributed by atoms with Crippen LogP contribution in [0, 0.1) is 11.3 Å². The maximum absolute atomic E-state index is 9.90. The number of ether oxygens (including phenoxy) is 2. The topological polar surface area (TPSA) is 111 Å². The molecular formula is C27H28N8O2. The number of aliphatic imine (C=N–C) groups is 1. The van der Waals surface area contributed by atoms with E-state index in [-0.39, 0.29) is 0 Å². The van der Waals surface area contributed by atoms with Gasteiger partial charge in [-0.25, -0.2) is 15.0 Å². The molecule has 1 spiro atoms. The fourth-order valence-electron chi connectivity index (χ4n) is 4.96. The van der Waals surface area contributed by atoms with Gasteiger partial charge >= 0.3 is 0 Å². The third-order valence-electron chi connectivity index (χ3n) is 6.93. The molecule has 3 aromatic rings. The summed E-state index contributed by atoms with van der Waals surface area (Å²) in [6.45, 7) is 5.42. The van der Waals surface area contributed by atoms with Gasteiger partial charge < -0.3 is 19.7 Å². The van der Waals surface area contributed by atoms with Gasteiger partial charge in [-0.2, -0.15) is 5.26 Å². The van der Waals surface area contributed by atoms with Crippen molar-refractivity contribution in [3.05, 3.63) is 60.3 Å². The number of amidine groups is 1. The molecule has 188 valence electrons. The summed E-state index contributed by atoms with van der Waals surface area (Å²) in [7, 11) is 0. The van der Waals surface area contributed by atoms with Gasteiger partial charge in [0.05, 0.1) is 35.8 Å². The van der Waals surface area contributed by atoms with E-state index in [4.69, 9.17) is 14.5 Å². The van der Waals surface area contributed by atoms with Gasteiger partial charge in [0.2, 0.25) is 5.95 Å². The molecule has 1 aromatic heterocycles. The van der Waals surface area contributed by atoms with E-state index in [2.05, 4.69) is 31.7 Å². The first kappa shape index (κ1) is 23.2. The van der Waals surface area contributed by atoms with Crippen molar-refractivity contribution in [2.24, 2.45) is 4.99 Å². The molecule has 0 unspecified atom stereocenters. The molecule has 3 aliphatic rings. The monoisotopic (exact) mass is 496 g/mol. The summed E-state index contributed by atoms with van der Waals surface area (Å²) < 4.78 is 11.7. The normalized spacial score (nSPS) is 18.4. The number of hydrogen-bond acceptors (Lipinski definition) is 10. The van der Waals surface area contributed by atoms with Gasteiger partial charge in [-0.1, -0.05) is 6.07 Å². The number of nitrogens with zero attached hydrogens (tertiary/aromatic N) is 6. The highest BCUT2D eigenvalue weighted by atomic mass is 16.7. The summed E-state index contributed by atoms with van der Waals surface area (Å²) in [5, 5.41) is 15.2. The fraction of sp³-hybridized carbons (Fsp3) is 0.333. The van der Waals surface area contributed by atoms with Crippen LogP contribution in [0.1, 0.15) is 25.3 Å². The molecule has 37 heavy (non-hydrogen) atoms. The minimum Gasteiger partial charge on any atom is -0.370 e. The van der Waals surface area contributed by atoms with Gasteiger partial charge in [-0.15, -0.1) is 0 Å². The lowest BCUT2D eigenvalue weighted by Crippen LogP contribution is -2.45. The van der Waals surface area contributed by atoms with Crippen molar-refractivity contribution in [3.8, 4) is 17.3 Å². The molecule has 0 saturated carbocycles. The van der Waals surface area contributed by atoms with Crippen LogP contribution in [0.3, 0.4) is 0 Å². The van der Waals surface area contributed by atoms with Crippen molar-refractivity contribution in [3.63, 3.8) is 0 Å². The zero-order valence-electron chi connectivity index (χ0n) is 20.6. The molecule has 0 bridgehead atoms. The van der Waals surface area contributed by atoms with E-state index in [0.29, 0.717) is 31.4 Å². The second kappa shape index (κ2) is 9.69. The van der Waals surface area contributed by atoms with Crippen molar-refractivity contribution in [2.75, 3.05) is 48.2 Å². The maximum atomic E-state index is 9.90. The van der Waals surface area contributed by atoms with E-state index in [0.717, 1.165) is 60.1 Å². The van der Waals surface area contributed by atoms with Gasteiger partial charge in [0.25, 0.3) is 0 Å². The Morgan fingerprint density at radius 2 is 1.84 bits per heavy atom. The molecule has 3 aliphatic heterocycles. The van der Waals surface area contributed by atoms with Crippen LogP contribution in [0.15, 0.2) is 59.7 Å². The molecule has 2 N–H and O–H groups in total. The number of aromatic nitrogens is 2. The lowest BCUT2D eigenvalue weighted by Gasteiger charge is -2.39. The molecule has 0 amide bonds. The summed E-state index contributed by atoms with van der Waals surface area (Å²) in [5.41, 5.74) is 8.29. The maximum Gasteiger partial charge on any atom is 0.227 e. The molecule has 10 heteroatoms. The van der Waals surface area contributed by atoms with Crippen LogP contribution in [0.25, 0.3) is 11.3 Å². The minimum absolute atomic E-state index is 0.438. The first-order valence-corrected chi connectivity index (χ1v) is 12.4. The lowest BCUT2D eigenvalue weighted by molar-refractivity contribution is -0.169. The number of benzene rings is 2. The summed E-state index contributed by atoms with van der Waals surface area (Å²) >= 11 is 0. The van der Waals surface area contributed by atoms with Crippen LogP contribution in [0.5, 0.6) is 0 Å². The molecule has 4 heterocycles. The Kier molecular flexibility index (Phi) is 6.08. The number of rotatable bonds is 5. The van der Waals surface area contributed by atoms with E-state index < -0.39 is 5.79 Å². The van der Waals surface area contributed by atoms with Crippen LogP contribution >= 0.6 is 0 Å². The van der Waals surface area contributed by atoms with Crippen molar-refractivity contribution < 1.29 is 9.47 Å². The van der Waals surface area contributed by atoms with Crippen LogP contribution in [-0.4, -0.2) is 54.6 Å². The summed E-state index contributed by atoms with van der Waals surface area (Å²) in [4.78, 5) is 15.7. The second-order valence-electron chi connectivity index (χ2n) is 9.30. The summed E-state index contributed by atoms with van der Waals surface area (Å²) in [5.74, 6) is 0.953. The number of hydrogen-bond donors (Lipinski definition) is 2. The first-order valence-electron chi connectivity index (χ1n) is 12.4. The third kappa shape index (κ3) is 4.79. The molecular weight excluding hydrogens is 468 g/mol. The van der Waals surface area contributed by atoms with Crippen LogP contribution in [0.2, 0.25) is 0 Å². The molecule has 0 atom stereocenters. The van der Waals surface area contributed by atoms with E-state index in [1.807, 2.05) is 60.5 Å². The Balaban J connectivity index is 1.15. The zero-order valence-corrected chi connectivity index (χ0v) is 20.6. The Morgan fingerprint density at radius 3 is 2.54 bits per heavy atom. The molecule has 2 aromatic carbocycles. The number of hydrazine groups is 1. The van der Waals surface area contributed by atoms with E-state index in [1.165, 1.54) is 0 Å². The third-order valence-corrected chi connectivity index (χ3v) is 6.93. The predicted octanol–water partition coefficient (Wildman–Crippen LogP) is 3.80. The van der Waals surface area contributed by atoms with Crippen LogP contribution in [0.4, 0.5) is 23.0 Å². The number of piperidine rings is 1. The first-order chi connectivity index (χ1) is 18.1. The van der Waals surface area contributed by atoms with E-state index in [1.54, 1.807) is 6.20 Å². The van der Waals surface area contributed by atoms with Crippen molar-refractivity contribution in [2.45, 2.75) is 25.6 Å². The Labute approximate surface area is 215 Å². The highest BCUT2D eigenvalue weighted by molar-refractivity contribution is 5.83. The van der Waals surface area contributed by atoms with Crippen molar-refractivity contribution >= 4 is 28.8 Å². The smallest absolute Gasteiger partial charge is 0.227 e. The fourth-order valence-corrected chi connectivity index (χ4v) is 4.96. The zero-order chi connectivity index (χ0) is 25.2. The Hall–Kier alpha value is -4.20. The van der Waals surface area contributed by atoms with Gasteiger partial charge in [0.15, 0.2) is 5.79 Å². The van der Waals surface area contributed by atoms with Crippen molar-refractivity contribution in [1.82, 2.24) is 15.4 Å². The second-order valence-corrected chi connectivity index (χ2v) is 9.30. The number of nitriles is 1. The van der Waals surface area contributed by atoms with Crippen LogP contribution in [-0.2, 0) is 9.47 Å². The molecule has 2 saturated heterocycles.